The van der Waals surface area contributed by atoms with Crippen LogP contribution in [0.4, 0.5) is 0 Å². The normalized spacial score (nSPS) is 11.2. The van der Waals surface area contributed by atoms with Crippen molar-refractivity contribution in [1.29, 1.82) is 0 Å². The number of hydrogen-bond acceptors (Lipinski definition) is 7. The fourth-order valence-corrected chi connectivity index (χ4v) is 3.39. The summed E-state index contributed by atoms with van der Waals surface area (Å²) in [5.74, 6) is 0.993. The number of aliphatic hydroxyl groups excluding tert-OH is 1. The number of nitrogens with zero attached hydrogens (tertiary/aromatic N) is 3. The minimum atomic E-state index is -0.180. The summed E-state index contributed by atoms with van der Waals surface area (Å²) in [5, 5.41) is 38.9. The first-order chi connectivity index (χ1) is 13.4. The van der Waals surface area contributed by atoms with Crippen molar-refractivity contribution in [3.8, 4) is 28.6 Å². The molecule has 0 fully saturated rings. The van der Waals surface area contributed by atoms with Gasteiger partial charge in [-0.3, -0.25) is 4.57 Å². The van der Waals surface area contributed by atoms with Gasteiger partial charge in [0, 0.05) is 11.6 Å². The molecule has 0 saturated heterocycles. The third-order valence-electron chi connectivity index (χ3n) is 4.68. The van der Waals surface area contributed by atoms with Gasteiger partial charge in [-0.2, -0.15) is 0 Å². The van der Waals surface area contributed by atoms with Gasteiger partial charge in [-0.1, -0.05) is 26.0 Å². The number of phenols is 2. The zero-order valence-electron chi connectivity index (χ0n) is 15.9. The highest BCUT2D eigenvalue weighted by Gasteiger charge is 2.20. The molecule has 0 aliphatic rings. The van der Waals surface area contributed by atoms with Crippen LogP contribution >= 0.6 is 12.6 Å². The Kier molecular flexibility index (Phi) is 5.81. The monoisotopic (exact) mass is 401 g/mol. The van der Waals surface area contributed by atoms with Crippen molar-refractivity contribution in [3.05, 3.63) is 47.0 Å². The summed E-state index contributed by atoms with van der Waals surface area (Å²) in [7, 11) is 1.55. The van der Waals surface area contributed by atoms with Crippen molar-refractivity contribution in [1.82, 2.24) is 14.8 Å². The number of benzene rings is 2. The van der Waals surface area contributed by atoms with Gasteiger partial charge in [-0.05, 0) is 29.2 Å². The van der Waals surface area contributed by atoms with E-state index in [1.54, 1.807) is 23.8 Å². The van der Waals surface area contributed by atoms with Crippen molar-refractivity contribution >= 4 is 12.6 Å². The molecule has 0 unspecified atom stereocenters. The van der Waals surface area contributed by atoms with Gasteiger partial charge in [0.25, 0.3) is 0 Å². The smallest absolute Gasteiger partial charge is 0.188 e. The zero-order chi connectivity index (χ0) is 20.4. The standard InChI is InChI=1S/C20H23N3O4S/c1-11(2)13-7-14(17(26)8-16(13)25)19-21-22-20(28)23(19)9-12-5-4-6-18(27-3)15(12)10-24/h4-8,11,24-26H,9-10H2,1-3H3,(H,22,28). The Morgan fingerprint density at radius 2 is 1.89 bits per heavy atom. The van der Waals surface area contributed by atoms with Crippen LogP contribution in [0.5, 0.6) is 17.2 Å². The molecule has 7 nitrogen and oxygen atoms in total. The number of hydrogen-bond donors (Lipinski definition) is 4. The lowest BCUT2D eigenvalue weighted by atomic mass is 9.98. The van der Waals surface area contributed by atoms with Crippen LogP contribution in [0.25, 0.3) is 11.4 Å². The fraction of sp³-hybridized carbons (Fsp3) is 0.300. The highest BCUT2D eigenvalue weighted by atomic mass is 32.1. The summed E-state index contributed by atoms with van der Waals surface area (Å²) in [6.45, 7) is 4.05. The fourth-order valence-electron chi connectivity index (χ4n) is 3.18. The molecule has 2 aromatic carbocycles. The molecule has 0 spiro atoms. The van der Waals surface area contributed by atoms with E-state index in [4.69, 9.17) is 4.74 Å². The lowest BCUT2D eigenvalue weighted by molar-refractivity contribution is 0.272. The van der Waals surface area contributed by atoms with Crippen LogP contribution < -0.4 is 4.74 Å². The van der Waals surface area contributed by atoms with Crippen molar-refractivity contribution < 1.29 is 20.1 Å². The lowest BCUT2D eigenvalue weighted by Gasteiger charge is -2.16. The van der Waals surface area contributed by atoms with Gasteiger partial charge >= 0.3 is 0 Å². The number of rotatable bonds is 6. The maximum Gasteiger partial charge on any atom is 0.188 e. The second-order valence-corrected chi connectivity index (χ2v) is 7.15. The van der Waals surface area contributed by atoms with Crippen LogP contribution in [-0.4, -0.2) is 37.2 Å². The van der Waals surface area contributed by atoms with E-state index in [0.29, 0.717) is 40.0 Å². The molecule has 3 N–H and O–H groups in total. The number of methoxy groups -OCH3 is 1. The molecule has 0 saturated carbocycles. The highest BCUT2D eigenvalue weighted by Crippen LogP contribution is 2.38. The first-order valence-electron chi connectivity index (χ1n) is 8.81. The Hall–Kier alpha value is -2.71. The maximum absolute atomic E-state index is 10.4. The molecule has 148 valence electrons. The van der Waals surface area contributed by atoms with Gasteiger partial charge in [0.05, 0.1) is 25.8 Å². The van der Waals surface area contributed by atoms with Gasteiger partial charge in [-0.15, -0.1) is 22.8 Å². The van der Waals surface area contributed by atoms with Crippen molar-refractivity contribution in [2.75, 3.05) is 7.11 Å². The van der Waals surface area contributed by atoms with Crippen LogP contribution in [-0.2, 0) is 13.2 Å². The Morgan fingerprint density at radius 1 is 1.14 bits per heavy atom. The maximum atomic E-state index is 10.4. The highest BCUT2D eigenvalue weighted by molar-refractivity contribution is 7.80. The largest absolute Gasteiger partial charge is 0.508 e. The van der Waals surface area contributed by atoms with Crippen LogP contribution in [0.1, 0.15) is 36.5 Å². The van der Waals surface area contributed by atoms with Gasteiger partial charge in [0.2, 0.25) is 0 Å². The lowest BCUT2D eigenvalue weighted by Crippen LogP contribution is -2.07. The van der Waals surface area contributed by atoms with E-state index in [2.05, 4.69) is 22.8 Å². The Balaban J connectivity index is 2.11. The molecule has 0 atom stereocenters. The van der Waals surface area contributed by atoms with Crippen molar-refractivity contribution in [3.63, 3.8) is 0 Å². The number of phenolic OH excluding ortho intramolecular Hbond substituents is 2. The van der Waals surface area contributed by atoms with E-state index < -0.39 is 0 Å². The summed E-state index contributed by atoms with van der Waals surface area (Å²) in [5.41, 5.74) is 2.62. The average molecular weight is 401 g/mol. The molecule has 3 rings (SSSR count). The number of aromatic hydroxyl groups is 2. The zero-order valence-corrected chi connectivity index (χ0v) is 16.8. The molecule has 0 bridgehead atoms. The van der Waals surface area contributed by atoms with Crippen molar-refractivity contribution in [2.24, 2.45) is 0 Å². The summed E-state index contributed by atoms with van der Waals surface area (Å²) in [4.78, 5) is 0. The quantitative estimate of drug-likeness (QED) is 0.473. The molecule has 0 radical (unpaired) electrons. The molecule has 28 heavy (non-hydrogen) atoms. The third kappa shape index (κ3) is 3.65. The van der Waals surface area contributed by atoms with E-state index in [-0.39, 0.29) is 24.0 Å². The number of ether oxygens (including phenoxy) is 1. The molecule has 1 aromatic heterocycles. The van der Waals surface area contributed by atoms with E-state index in [1.165, 1.54) is 6.07 Å². The van der Waals surface area contributed by atoms with Gasteiger partial charge in [0.15, 0.2) is 11.0 Å². The summed E-state index contributed by atoms with van der Waals surface area (Å²) in [6, 6.07) is 8.52. The van der Waals surface area contributed by atoms with Gasteiger partial charge in [-0.25, -0.2) is 0 Å². The van der Waals surface area contributed by atoms with E-state index in [0.717, 1.165) is 5.56 Å². The molecular formula is C20H23N3O4S. The molecular weight excluding hydrogens is 378 g/mol. The number of aliphatic hydroxyl groups is 1. The molecule has 0 amide bonds. The van der Waals surface area contributed by atoms with Crippen LogP contribution in [0.15, 0.2) is 35.5 Å². The van der Waals surface area contributed by atoms with Crippen LogP contribution in [0, 0.1) is 0 Å². The number of aromatic nitrogens is 3. The number of thiol groups is 1. The first-order valence-corrected chi connectivity index (χ1v) is 9.26. The van der Waals surface area contributed by atoms with Crippen LogP contribution in [0.2, 0.25) is 0 Å². The first kappa shape index (κ1) is 20.0. The summed E-state index contributed by atoms with van der Waals surface area (Å²) >= 11 is 4.40. The summed E-state index contributed by atoms with van der Waals surface area (Å²) in [6.07, 6.45) is 0. The van der Waals surface area contributed by atoms with Gasteiger partial charge in [0.1, 0.15) is 17.2 Å². The Labute approximate surface area is 168 Å². The van der Waals surface area contributed by atoms with E-state index in [9.17, 15) is 15.3 Å². The predicted octanol–water partition coefficient (Wildman–Crippen LogP) is 3.32. The molecule has 1 heterocycles. The second-order valence-electron chi connectivity index (χ2n) is 6.75. The minimum Gasteiger partial charge on any atom is -0.508 e. The molecule has 8 heteroatoms. The van der Waals surface area contributed by atoms with E-state index in [1.807, 2.05) is 26.0 Å². The third-order valence-corrected chi connectivity index (χ3v) is 5.01. The van der Waals surface area contributed by atoms with E-state index >= 15 is 0 Å². The summed E-state index contributed by atoms with van der Waals surface area (Å²) < 4.78 is 7.06. The van der Waals surface area contributed by atoms with Crippen LogP contribution in [0.3, 0.4) is 0 Å². The molecule has 0 aliphatic carbocycles. The molecule has 0 aliphatic heterocycles. The van der Waals surface area contributed by atoms with Crippen molar-refractivity contribution in [2.45, 2.75) is 38.1 Å². The minimum absolute atomic E-state index is 0.0313. The average Bonchev–Trinajstić information content (AvgIpc) is 3.01. The SMILES string of the molecule is COc1cccc(Cn2c(S)nnc2-c2cc(C(C)C)c(O)cc2O)c1CO. The topological polar surface area (TPSA) is 101 Å². The Morgan fingerprint density at radius 3 is 2.54 bits per heavy atom. The molecule has 3 aromatic rings. The Bertz CT molecular complexity index is 1000. The van der Waals surface area contributed by atoms with Gasteiger partial charge < -0.3 is 20.1 Å². The second kappa shape index (κ2) is 8.12. The predicted molar refractivity (Wildman–Crippen MR) is 108 cm³/mol.